The van der Waals surface area contributed by atoms with Crippen molar-refractivity contribution in [3.8, 4) is 0 Å². The van der Waals surface area contributed by atoms with E-state index in [0.717, 1.165) is 17.5 Å². The van der Waals surface area contributed by atoms with Crippen molar-refractivity contribution in [2.45, 2.75) is 44.6 Å². The van der Waals surface area contributed by atoms with E-state index >= 15 is 0 Å². The Hall–Kier alpha value is -3.31. The average molecular weight is 540 g/mol. The number of hydrogen-bond acceptors (Lipinski definition) is 7. The summed E-state index contributed by atoms with van der Waals surface area (Å²) in [5.74, 6) is -0.613. The van der Waals surface area contributed by atoms with Crippen LogP contribution in [0.2, 0.25) is 0 Å². The van der Waals surface area contributed by atoms with Gasteiger partial charge in [0.15, 0.2) is 0 Å². The lowest BCUT2D eigenvalue weighted by molar-refractivity contribution is -0.162. The fourth-order valence-corrected chi connectivity index (χ4v) is 5.61. The molecule has 2 heterocycles. The summed E-state index contributed by atoms with van der Waals surface area (Å²) in [7, 11) is -3.99. The molecule has 3 aromatic rings. The highest BCUT2D eigenvalue weighted by Crippen LogP contribution is 2.23. The Morgan fingerprint density at radius 3 is 2.13 bits per heavy atom. The Balaban J connectivity index is 1.40. The molecule has 0 saturated carbocycles. The fraction of sp³-hybridized carbons (Fsp3) is 0.357. The number of aromatic nitrogens is 1. The maximum atomic E-state index is 13.3. The molecule has 1 aliphatic heterocycles. The molecule has 2 aromatic carbocycles. The molecular formula is C28H33N3O6S. The zero-order valence-electron chi connectivity index (χ0n) is 21.1. The first-order chi connectivity index (χ1) is 18.5. The van der Waals surface area contributed by atoms with Crippen molar-refractivity contribution < 1.29 is 27.4 Å². The van der Waals surface area contributed by atoms with Crippen molar-refractivity contribution in [3.63, 3.8) is 0 Å². The fourth-order valence-electron chi connectivity index (χ4n) is 4.18. The number of hydrogen-bond donors (Lipinski definition) is 1. The zero-order chi connectivity index (χ0) is 26.6. The number of benzene rings is 2. The zero-order valence-corrected chi connectivity index (χ0v) is 22.0. The van der Waals surface area contributed by atoms with Crippen molar-refractivity contribution in [1.29, 1.82) is 0 Å². The van der Waals surface area contributed by atoms with Crippen molar-refractivity contribution in [3.05, 3.63) is 96.3 Å². The molecule has 1 aliphatic rings. The lowest BCUT2D eigenvalue weighted by Crippen LogP contribution is -2.51. The van der Waals surface area contributed by atoms with E-state index in [2.05, 4.69) is 9.71 Å². The van der Waals surface area contributed by atoms with Gasteiger partial charge in [-0.05, 0) is 42.5 Å². The lowest BCUT2D eigenvalue weighted by atomic mass is 10.1. The Bertz CT molecular complexity index is 1180. The first-order valence-electron chi connectivity index (χ1n) is 12.6. The van der Waals surface area contributed by atoms with Gasteiger partial charge in [0.2, 0.25) is 0 Å². The first kappa shape index (κ1) is 27.7. The number of nitrogens with zero attached hydrogens (tertiary/aromatic N) is 2. The molecule has 10 heteroatoms. The minimum atomic E-state index is -3.99. The largest absolute Gasteiger partial charge is 0.456 e. The van der Waals surface area contributed by atoms with Gasteiger partial charge >= 0.3 is 16.2 Å². The van der Waals surface area contributed by atoms with Gasteiger partial charge in [-0.25, -0.2) is 0 Å². The van der Waals surface area contributed by atoms with Crippen LogP contribution in [-0.2, 0) is 42.4 Å². The number of esters is 1. The maximum absolute atomic E-state index is 13.3. The molecule has 38 heavy (non-hydrogen) atoms. The van der Waals surface area contributed by atoms with Gasteiger partial charge < -0.3 is 14.2 Å². The Morgan fingerprint density at radius 1 is 0.921 bits per heavy atom. The number of rotatable bonds is 13. The Labute approximate surface area is 223 Å². The van der Waals surface area contributed by atoms with Gasteiger partial charge in [-0.3, -0.25) is 14.5 Å². The van der Waals surface area contributed by atoms with E-state index in [-0.39, 0.29) is 19.8 Å². The number of anilines is 1. The lowest BCUT2D eigenvalue weighted by Gasteiger charge is -2.33. The van der Waals surface area contributed by atoms with Gasteiger partial charge in [-0.1, -0.05) is 60.7 Å². The molecule has 1 N–H and O–H groups in total. The summed E-state index contributed by atoms with van der Waals surface area (Å²) in [4.78, 5) is 17.2. The summed E-state index contributed by atoms with van der Waals surface area (Å²) < 4.78 is 47.5. The summed E-state index contributed by atoms with van der Waals surface area (Å²) in [6, 6.07) is 21.7. The third kappa shape index (κ3) is 8.35. The number of carbonyl (C=O) groups excluding carboxylic acids is 1. The van der Waals surface area contributed by atoms with E-state index in [0.29, 0.717) is 31.7 Å². The van der Waals surface area contributed by atoms with E-state index in [9.17, 15) is 13.2 Å². The van der Waals surface area contributed by atoms with Gasteiger partial charge in [0, 0.05) is 12.7 Å². The second-order valence-electron chi connectivity index (χ2n) is 9.03. The summed E-state index contributed by atoms with van der Waals surface area (Å²) >= 11 is 0. The van der Waals surface area contributed by atoms with Crippen LogP contribution in [0.5, 0.6) is 0 Å². The maximum Gasteiger partial charge on any atom is 0.324 e. The van der Waals surface area contributed by atoms with Gasteiger partial charge in [0.05, 0.1) is 38.3 Å². The van der Waals surface area contributed by atoms with Crippen LogP contribution in [0.4, 0.5) is 5.69 Å². The minimum absolute atomic E-state index is 0.114. The van der Waals surface area contributed by atoms with Gasteiger partial charge in [0.1, 0.15) is 12.1 Å². The molecular weight excluding hydrogens is 506 g/mol. The third-order valence-corrected chi connectivity index (χ3v) is 7.60. The molecule has 0 spiro atoms. The van der Waals surface area contributed by atoms with E-state index in [1.807, 2.05) is 60.7 Å². The number of nitrogens with one attached hydrogen (secondary N) is 1. The number of carbonyl (C=O) groups is 1. The molecule has 1 aromatic heterocycles. The molecule has 0 bridgehead atoms. The summed E-state index contributed by atoms with van der Waals surface area (Å²) in [6.07, 6.45) is 4.01. The SMILES string of the molecule is O=C(OC(COCc1ccccc1)COCc1ccccc1)[C@@H]1CCCCN1S(=O)(=O)Nc1cccnc1. The van der Waals surface area contributed by atoms with E-state index in [1.165, 1.54) is 10.5 Å². The molecule has 0 radical (unpaired) electrons. The predicted octanol–water partition coefficient (Wildman–Crippen LogP) is 3.94. The Morgan fingerprint density at radius 2 is 1.55 bits per heavy atom. The van der Waals surface area contributed by atoms with E-state index in [1.54, 1.807) is 18.3 Å². The molecule has 0 unspecified atom stereocenters. The second-order valence-corrected chi connectivity index (χ2v) is 10.7. The topological polar surface area (TPSA) is 107 Å². The third-order valence-electron chi connectivity index (χ3n) is 6.06. The van der Waals surface area contributed by atoms with Gasteiger partial charge in [-0.15, -0.1) is 0 Å². The normalized spacial score (nSPS) is 16.3. The van der Waals surface area contributed by atoms with Crippen LogP contribution in [0, 0.1) is 0 Å². The molecule has 9 nitrogen and oxygen atoms in total. The molecule has 4 rings (SSSR count). The molecule has 202 valence electrons. The highest BCUT2D eigenvalue weighted by atomic mass is 32.2. The second kappa shape index (κ2) is 14.0. The van der Waals surface area contributed by atoms with Crippen LogP contribution in [0.25, 0.3) is 0 Å². The molecule has 0 amide bonds. The molecule has 1 fully saturated rings. The van der Waals surface area contributed by atoms with Crippen LogP contribution in [0.1, 0.15) is 30.4 Å². The van der Waals surface area contributed by atoms with Gasteiger partial charge in [0.25, 0.3) is 0 Å². The van der Waals surface area contributed by atoms with Gasteiger partial charge in [-0.2, -0.15) is 12.7 Å². The number of ether oxygens (including phenoxy) is 3. The molecule has 0 aliphatic carbocycles. The average Bonchev–Trinajstić information content (AvgIpc) is 2.94. The van der Waals surface area contributed by atoms with Crippen LogP contribution >= 0.6 is 0 Å². The first-order valence-corrected chi connectivity index (χ1v) is 14.1. The predicted molar refractivity (Wildman–Crippen MR) is 143 cm³/mol. The van der Waals surface area contributed by atoms with Crippen LogP contribution in [0.3, 0.4) is 0 Å². The van der Waals surface area contributed by atoms with Crippen molar-refractivity contribution >= 4 is 21.9 Å². The van der Waals surface area contributed by atoms with Crippen LogP contribution < -0.4 is 4.72 Å². The van der Waals surface area contributed by atoms with E-state index < -0.39 is 28.3 Å². The van der Waals surface area contributed by atoms with Crippen molar-refractivity contribution in [1.82, 2.24) is 9.29 Å². The Kier molecular flexibility index (Phi) is 10.2. The summed E-state index contributed by atoms with van der Waals surface area (Å²) in [6.45, 7) is 1.15. The van der Waals surface area contributed by atoms with Crippen LogP contribution in [0.15, 0.2) is 85.2 Å². The number of pyridine rings is 1. The highest BCUT2D eigenvalue weighted by molar-refractivity contribution is 7.90. The van der Waals surface area contributed by atoms with E-state index in [4.69, 9.17) is 14.2 Å². The smallest absolute Gasteiger partial charge is 0.324 e. The van der Waals surface area contributed by atoms with Crippen molar-refractivity contribution in [2.24, 2.45) is 0 Å². The monoisotopic (exact) mass is 539 g/mol. The summed E-state index contributed by atoms with van der Waals surface area (Å²) in [5, 5.41) is 0. The van der Waals surface area contributed by atoms with Crippen LogP contribution in [-0.4, -0.2) is 55.6 Å². The highest BCUT2D eigenvalue weighted by Gasteiger charge is 2.38. The quantitative estimate of drug-likeness (QED) is 0.328. The van der Waals surface area contributed by atoms with Crippen molar-refractivity contribution in [2.75, 3.05) is 24.5 Å². The minimum Gasteiger partial charge on any atom is -0.456 e. The number of piperidine rings is 1. The standard InChI is InChI=1S/C28H33N3O6S/c32-28(27-15-7-8-17-31(27)38(33,34)30-25-14-9-16-29-18-25)37-26(21-35-19-23-10-3-1-4-11-23)22-36-20-24-12-5-2-6-13-24/h1-6,9-14,16,18,26-27,30H,7-8,15,17,19-22H2/t27-/m0/s1. The molecule has 1 atom stereocenters. The summed E-state index contributed by atoms with van der Waals surface area (Å²) in [5.41, 5.74) is 2.31. The molecule has 1 saturated heterocycles.